The van der Waals surface area contributed by atoms with Crippen molar-refractivity contribution in [3.8, 4) is 22.9 Å². The Hall–Kier alpha value is -2.34. The highest BCUT2D eigenvalue weighted by Gasteiger charge is 2.07. The average Bonchev–Trinajstić information content (AvgIpc) is 2.30. The third kappa shape index (κ3) is 1.65. The monoisotopic (exact) mass is 196 g/mol. The van der Waals surface area contributed by atoms with E-state index < -0.39 is 0 Å². The molecule has 72 valence electrons. The van der Waals surface area contributed by atoms with E-state index in [9.17, 15) is 5.11 Å². The van der Waals surface area contributed by atoms with Gasteiger partial charge in [-0.1, -0.05) is 18.2 Å². The molecule has 0 saturated carbocycles. The second kappa shape index (κ2) is 3.81. The molecule has 0 unspecified atom stereocenters. The van der Waals surface area contributed by atoms with Gasteiger partial charge in [0.15, 0.2) is 0 Å². The lowest BCUT2D eigenvalue weighted by atomic mass is 10.0. The van der Waals surface area contributed by atoms with E-state index in [1.165, 1.54) is 0 Å². The first-order valence-electron chi connectivity index (χ1n) is 4.45. The number of benzene rings is 1. The largest absolute Gasteiger partial charge is 0.507 e. The van der Waals surface area contributed by atoms with Gasteiger partial charge in [-0.25, -0.2) is 0 Å². The maximum Gasteiger partial charge on any atom is 0.123 e. The minimum absolute atomic E-state index is 0.155. The number of rotatable bonds is 1. The molecule has 15 heavy (non-hydrogen) atoms. The molecule has 0 fully saturated rings. The van der Waals surface area contributed by atoms with Crippen molar-refractivity contribution in [3.63, 3.8) is 0 Å². The maximum atomic E-state index is 9.65. The van der Waals surface area contributed by atoms with Gasteiger partial charge in [-0.2, -0.15) is 5.26 Å². The number of phenolic OH excluding ortho intramolecular Hbond substituents is 1. The molecule has 3 heteroatoms. The van der Waals surface area contributed by atoms with Gasteiger partial charge in [0.25, 0.3) is 0 Å². The zero-order chi connectivity index (χ0) is 10.7. The molecule has 0 saturated heterocycles. The summed E-state index contributed by atoms with van der Waals surface area (Å²) in [6, 6.07) is 10.6. The van der Waals surface area contributed by atoms with Crippen molar-refractivity contribution in [2.45, 2.75) is 0 Å². The first kappa shape index (κ1) is 9.22. The molecule has 1 aromatic heterocycles. The van der Waals surface area contributed by atoms with E-state index in [-0.39, 0.29) is 5.75 Å². The topological polar surface area (TPSA) is 56.9 Å². The Balaban J connectivity index is 2.65. The van der Waals surface area contributed by atoms with Crippen LogP contribution >= 0.6 is 0 Å². The normalized spacial score (nSPS) is 9.53. The minimum Gasteiger partial charge on any atom is -0.507 e. The highest BCUT2D eigenvalue weighted by molar-refractivity contribution is 5.74. The predicted octanol–water partition coefficient (Wildman–Crippen LogP) is 2.33. The standard InChI is InChI=1S/C12H8N2O/c13-7-9-5-6-14-8-11(9)10-3-1-2-4-12(10)15/h1-6,8,15H. The van der Waals surface area contributed by atoms with Gasteiger partial charge < -0.3 is 5.11 Å². The quantitative estimate of drug-likeness (QED) is 0.761. The Morgan fingerprint density at radius 3 is 2.67 bits per heavy atom. The maximum absolute atomic E-state index is 9.65. The van der Waals surface area contributed by atoms with Crippen LogP contribution in [-0.2, 0) is 0 Å². The number of nitrogens with zero attached hydrogens (tertiary/aromatic N) is 2. The fraction of sp³-hybridized carbons (Fsp3) is 0. The molecule has 0 aliphatic carbocycles. The SMILES string of the molecule is N#Cc1ccncc1-c1ccccc1O. The van der Waals surface area contributed by atoms with Gasteiger partial charge in [0.1, 0.15) is 5.75 Å². The average molecular weight is 196 g/mol. The van der Waals surface area contributed by atoms with E-state index in [1.807, 2.05) is 6.07 Å². The van der Waals surface area contributed by atoms with Crippen LogP contribution in [0.3, 0.4) is 0 Å². The van der Waals surface area contributed by atoms with Crippen molar-refractivity contribution in [1.29, 1.82) is 5.26 Å². The van der Waals surface area contributed by atoms with Gasteiger partial charge in [-0.15, -0.1) is 0 Å². The molecule has 0 atom stereocenters. The Morgan fingerprint density at radius 2 is 1.93 bits per heavy atom. The lowest BCUT2D eigenvalue weighted by Gasteiger charge is -2.04. The summed E-state index contributed by atoms with van der Waals surface area (Å²) in [5.41, 5.74) is 1.78. The molecule has 0 radical (unpaired) electrons. The minimum atomic E-state index is 0.155. The van der Waals surface area contributed by atoms with E-state index in [1.54, 1.807) is 36.7 Å². The Morgan fingerprint density at radius 1 is 1.13 bits per heavy atom. The molecule has 1 N–H and O–H groups in total. The van der Waals surface area contributed by atoms with E-state index >= 15 is 0 Å². The van der Waals surface area contributed by atoms with E-state index in [0.717, 1.165) is 0 Å². The van der Waals surface area contributed by atoms with E-state index in [4.69, 9.17) is 5.26 Å². The van der Waals surface area contributed by atoms with Crippen molar-refractivity contribution in [2.24, 2.45) is 0 Å². The number of aromatic hydroxyl groups is 1. The van der Waals surface area contributed by atoms with Crippen LogP contribution in [0.15, 0.2) is 42.7 Å². The smallest absolute Gasteiger partial charge is 0.123 e. The summed E-state index contributed by atoms with van der Waals surface area (Å²) in [5.74, 6) is 0.155. The van der Waals surface area contributed by atoms with Crippen molar-refractivity contribution < 1.29 is 5.11 Å². The predicted molar refractivity (Wildman–Crippen MR) is 56.1 cm³/mol. The molecule has 0 aliphatic rings. The van der Waals surface area contributed by atoms with Crippen molar-refractivity contribution in [1.82, 2.24) is 4.98 Å². The van der Waals surface area contributed by atoms with Crippen LogP contribution in [0.5, 0.6) is 5.75 Å². The third-order valence-corrected chi connectivity index (χ3v) is 2.14. The molecule has 1 heterocycles. The molecular formula is C12H8N2O. The number of para-hydroxylation sites is 1. The number of phenols is 1. The number of hydrogen-bond acceptors (Lipinski definition) is 3. The number of hydrogen-bond donors (Lipinski definition) is 1. The summed E-state index contributed by atoms with van der Waals surface area (Å²) < 4.78 is 0. The van der Waals surface area contributed by atoms with Crippen LogP contribution in [-0.4, -0.2) is 10.1 Å². The summed E-state index contributed by atoms with van der Waals surface area (Å²) in [5, 5.41) is 18.6. The lowest BCUT2D eigenvalue weighted by Crippen LogP contribution is -1.86. The molecule has 1 aromatic carbocycles. The molecule has 2 aromatic rings. The number of nitriles is 1. The van der Waals surface area contributed by atoms with Crippen LogP contribution in [0.1, 0.15) is 5.56 Å². The molecule has 0 aliphatic heterocycles. The second-order valence-electron chi connectivity index (χ2n) is 3.05. The molecular weight excluding hydrogens is 188 g/mol. The molecule has 0 amide bonds. The highest BCUT2D eigenvalue weighted by Crippen LogP contribution is 2.29. The van der Waals surface area contributed by atoms with Crippen LogP contribution in [0.4, 0.5) is 0 Å². The molecule has 2 rings (SSSR count). The van der Waals surface area contributed by atoms with Crippen molar-refractivity contribution in [3.05, 3.63) is 48.3 Å². The number of aromatic nitrogens is 1. The van der Waals surface area contributed by atoms with E-state index in [0.29, 0.717) is 16.7 Å². The Bertz CT molecular complexity index is 529. The zero-order valence-corrected chi connectivity index (χ0v) is 7.88. The van der Waals surface area contributed by atoms with E-state index in [2.05, 4.69) is 11.1 Å². The van der Waals surface area contributed by atoms with Gasteiger partial charge in [0.2, 0.25) is 0 Å². The fourth-order valence-corrected chi connectivity index (χ4v) is 1.41. The molecule has 0 spiro atoms. The second-order valence-corrected chi connectivity index (χ2v) is 3.05. The van der Waals surface area contributed by atoms with Crippen molar-refractivity contribution in [2.75, 3.05) is 0 Å². The van der Waals surface area contributed by atoms with Gasteiger partial charge in [0.05, 0.1) is 11.6 Å². The van der Waals surface area contributed by atoms with Crippen LogP contribution in [0.2, 0.25) is 0 Å². The van der Waals surface area contributed by atoms with Crippen LogP contribution in [0, 0.1) is 11.3 Å². The summed E-state index contributed by atoms with van der Waals surface area (Å²) in [6.45, 7) is 0. The summed E-state index contributed by atoms with van der Waals surface area (Å²) in [4.78, 5) is 3.95. The Labute approximate surface area is 87.3 Å². The van der Waals surface area contributed by atoms with Gasteiger partial charge in [-0.05, 0) is 12.1 Å². The number of pyridine rings is 1. The third-order valence-electron chi connectivity index (χ3n) is 2.14. The first-order valence-corrected chi connectivity index (χ1v) is 4.45. The summed E-state index contributed by atoms with van der Waals surface area (Å²) in [7, 11) is 0. The fourth-order valence-electron chi connectivity index (χ4n) is 1.41. The highest BCUT2D eigenvalue weighted by atomic mass is 16.3. The van der Waals surface area contributed by atoms with Crippen molar-refractivity contribution >= 4 is 0 Å². The van der Waals surface area contributed by atoms with Gasteiger partial charge in [0, 0.05) is 23.5 Å². The summed E-state index contributed by atoms with van der Waals surface area (Å²) >= 11 is 0. The molecule has 3 nitrogen and oxygen atoms in total. The van der Waals surface area contributed by atoms with Gasteiger partial charge in [-0.3, -0.25) is 4.98 Å². The summed E-state index contributed by atoms with van der Waals surface area (Å²) in [6.07, 6.45) is 3.13. The first-order chi connectivity index (χ1) is 7.33. The zero-order valence-electron chi connectivity index (χ0n) is 7.88. The van der Waals surface area contributed by atoms with Crippen LogP contribution < -0.4 is 0 Å². The molecule has 0 bridgehead atoms. The Kier molecular flexibility index (Phi) is 2.34. The lowest BCUT2D eigenvalue weighted by molar-refractivity contribution is 0.477. The van der Waals surface area contributed by atoms with Crippen LogP contribution in [0.25, 0.3) is 11.1 Å². The van der Waals surface area contributed by atoms with Gasteiger partial charge >= 0.3 is 0 Å².